The fourth-order valence-electron chi connectivity index (χ4n) is 1.66. The minimum atomic E-state index is -0.998. The van der Waals surface area contributed by atoms with E-state index in [4.69, 9.17) is 16.6 Å². The maximum Gasteiger partial charge on any atom is 0.138 e. The Balaban J connectivity index is 3.54. The first-order valence-corrected chi connectivity index (χ1v) is 8.33. The van der Waals surface area contributed by atoms with Crippen LogP contribution in [0.5, 0.6) is 0 Å². The Morgan fingerprint density at radius 2 is 1.58 bits per heavy atom. The van der Waals surface area contributed by atoms with Crippen molar-refractivity contribution in [1.29, 1.82) is 0 Å². The molecule has 126 valence electrons. The van der Waals surface area contributed by atoms with Crippen molar-refractivity contribution in [2.75, 3.05) is 6.61 Å². The van der Waals surface area contributed by atoms with E-state index in [2.05, 4.69) is 47.5 Å². The number of unbranched alkanes of at least 4 members (excludes halogenated alkanes) is 6. The molecule has 0 aliphatic heterocycles. The van der Waals surface area contributed by atoms with E-state index < -0.39 is 6.10 Å². The predicted molar refractivity (Wildman–Crippen MR) is 100 cm³/mol. The van der Waals surface area contributed by atoms with Crippen LogP contribution in [0.2, 0.25) is 0 Å². The summed E-state index contributed by atoms with van der Waals surface area (Å²) in [6, 6.07) is 0. The highest BCUT2D eigenvalue weighted by atomic mass is 16.3. The van der Waals surface area contributed by atoms with Crippen molar-refractivity contribution in [3.63, 3.8) is 0 Å². The monoisotopic (exact) mass is 322 g/mol. The van der Waals surface area contributed by atoms with Crippen molar-refractivity contribution in [1.82, 2.24) is 0 Å². The van der Waals surface area contributed by atoms with Crippen LogP contribution in [0.3, 0.4) is 0 Å². The van der Waals surface area contributed by atoms with Crippen LogP contribution in [-0.4, -0.2) is 22.9 Å². The molecule has 0 bridgehead atoms. The van der Waals surface area contributed by atoms with Crippen molar-refractivity contribution in [2.24, 2.45) is 0 Å². The maximum absolute atomic E-state index is 8.97. The third kappa shape index (κ3) is 17.7. The van der Waals surface area contributed by atoms with Crippen LogP contribution in [0.15, 0.2) is 24.3 Å². The average molecular weight is 322 g/mol. The van der Waals surface area contributed by atoms with E-state index in [1.54, 1.807) is 6.08 Å². The standard InChI is InChI=1S/C22H26O2/c1-2-3-4-5-6-7-8-9-10-11-12-13-14-15-16-17-18-19-20-22(24)21-23/h1,3-4,10-11,22-24H,5-9,14-16,21H2. The van der Waals surface area contributed by atoms with Crippen LogP contribution in [0.25, 0.3) is 0 Å². The summed E-state index contributed by atoms with van der Waals surface area (Å²) in [5.74, 6) is 19.1. The van der Waals surface area contributed by atoms with Gasteiger partial charge in [-0.1, -0.05) is 48.2 Å². The highest BCUT2D eigenvalue weighted by Crippen LogP contribution is 2.04. The lowest BCUT2D eigenvalue weighted by molar-refractivity contribution is 0.138. The van der Waals surface area contributed by atoms with E-state index >= 15 is 0 Å². The molecule has 0 heterocycles. The summed E-state index contributed by atoms with van der Waals surface area (Å²) in [6.07, 6.45) is 20.1. The number of allylic oxidation sites excluding steroid dienone is 4. The van der Waals surface area contributed by atoms with Gasteiger partial charge in [-0.05, 0) is 56.1 Å². The van der Waals surface area contributed by atoms with E-state index in [1.807, 2.05) is 12.2 Å². The van der Waals surface area contributed by atoms with E-state index in [1.165, 1.54) is 19.3 Å². The van der Waals surface area contributed by atoms with Gasteiger partial charge in [0.2, 0.25) is 0 Å². The van der Waals surface area contributed by atoms with Gasteiger partial charge in [0.05, 0.1) is 6.61 Å². The minimum absolute atomic E-state index is 0.359. The molecule has 0 aromatic rings. The van der Waals surface area contributed by atoms with Crippen molar-refractivity contribution < 1.29 is 10.2 Å². The summed E-state index contributed by atoms with van der Waals surface area (Å²) >= 11 is 0. The van der Waals surface area contributed by atoms with Crippen molar-refractivity contribution in [2.45, 2.75) is 57.5 Å². The topological polar surface area (TPSA) is 40.5 Å². The first kappa shape index (κ1) is 21.6. The van der Waals surface area contributed by atoms with Crippen LogP contribution < -0.4 is 0 Å². The number of aliphatic hydroxyl groups is 2. The lowest BCUT2D eigenvalue weighted by Crippen LogP contribution is -2.07. The summed E-state index contributed by atoms with van der Waals surface area (Å²) in [4.78, 5) is 0. The number of terminal acetylenes is 1. The molecular weight excluding hydrogens is 296 g/mol. The molecule has 0 aromatic carbocycles. The van der Waals surface area contributed by atoms with Crippen molar-refractivity contribution in [3.8, 4) is 47.9 Å². The molecule has 0 aromatic heterocycles. The molecule has 0 rings (SSSR count). The number of aliphatic hydroxyl groups excluding tert-OH is 2. The number of hydrogen-bond acceptors (Lipinski definition) is 2. The molecule has 0 saturated carbocycles. The van der Waals surface area contributed by atoms with Gasteiger partial charge in [0.25, 0.3) is 0 Å². The fraction of sp³-hybridized carbons (Fsp3) is 0.455. The highest BCUT2D eigenvalue weighted by Gasteiger charge is 1.90. The molecular formula is C22H26O2. The second kappa shape index (κ2) is 18.7. The number of hydrogen-bond donors (Lipinski definition) is 2. The normalized spacial score (nSPS) is 10.9. The molecule has 0 aliphatic carbocycles. The molecule has 1 atom stereocenters. The molecule has 0 radical (unpaired) electrons. The highest BCUT2D eigenvalue weighted by molar-refractivity contribution is 5.27. The van der Waals surface area contributed by atoms with Gasteiger partial charge in [-0.15, -0.1) is 6.42 Å². The van der Waals surface area contributed by atoms with Crippen LogP contribution >= 0.6 is 0 Å². The molecule has 2 heteroatoms. The first-order valence-electron chi connectivity index (χ1n) is 8.33. The van der Waals surface area contributed by atoms with Crippen LogP contribution in [-0.2, 0) is 0 Å². The SMILES string of the molecule is C#CC=CCCCCCC=CC#CCCCC#CC#CC(O)CO. The van der Waals surface area contributed by atoms with Gasteiger partial charge in [0.1, 0.15) is 6.10 Å². The zero-order chi connectivity index (χ0) is 17.7. The third-order valence-electron chi connectivity index (χ3n) is 2.93. The van der Waals surface area contributed by atoms with Gasteiger partial charge >= 0.3 is 0 Å². The Hall–Kier alpha value is -2.36. The molecule has 0 saturated heterocycles. The van der Waals surface area contributed by atoms with Crippen LogP contribution in [0.1, 0.15) is 51.4 Å². The largest absolute Gasteiger partial charge is 0.393 e. The Bertz CT molecular complexity index is 586. The van der Waals surface area contributed by atoms with Gasteiger partial charge < -0.3 is 10.2 Å². The number of rotatable bonds is 9. The predicted octanol–water partition coefficient (Wildman–Crippen LogP) is 3.22. The van der Waals surface area contributed by atoms with Gasteiger partial charge in [0.15, 0.2) is 0 Å². The van der Waals surface area contributed by atoms with E-state index in [-0.39, 0.29) is 6.61 Å². The van der Waals surface area contributed by atoms with Gasteiger partial charge in [-0.25, -0.2) is 0 Å². The van der Waals surface area contributed by atoms with Gasteiger partial charge in [-0.3, -0.25) is 0 Å². The first-order chi connectivity index (χ1) is 11.8. The van der Waals surface area contributed by atoms with Crippen molar-refractivity contribution in [3.05, 3.63) is 24.3 Å². The van der Waals surface area contributed by atoms with Gasteiger partial charge in [-0.2, -0.15) is 0 Å². The third-order valence-corrected chi connectivity index (χ3v) is 2.93. The Labute approximate surface area is 147 Å². The molecule has 1 unspecified atom stereocenters. The summed E-state index contributed by atoms with van der Waals surface area (Å²) in [5, 5.41) is 17.5. The smallest absolute Gasteiger partial charge is 0.138 e. The van der Waals surface area contributed by atoms with E-state index in [0.717, 1.165) is 32.1 Å². The second-order valence-electron chi connectivity index (χ2n) is 5.05. The maximum atomic E-state index is 8.97. The molecule has 0 fully saturated rings. The summed E-state index contributed by atoms with van der Waals surface area (Å²) in [7, 11) is 0. The Morgan fingerprint density at radius 1 is 0.875 bits per heavy atom. The zero-order valence-electron chi connectivity index (χ0n) is 14.2. The van der Waals surface area contributed by atoms with E-state index in [0.29, 0.717) is 0 Å². The van der Waals surface area contributed by atoms with Crippen molar-refractivity contribution >= 4 is 0 Å². The molecule has 0 spiro atoms. The average Bonchev–Trinajstić information content (AvgIpc) is 2.60. The molecule has 0 aliphatic rings. The van der Waals surface area contributed by atoms with Gasteiger partial charge in [0, 0.05) is 12.8 Å². The quantitative estimate of drug-likeness (QED) is 0.505. The summed E-state index contributed by atoms with van der Waals surface area (Å²) < 4.78 is 0. The summed E-state index contributed by atoms with van der Waals surface area (Å²) in [5.41, 5.74) is 0. The van der Waals surface area contributed by atoms with Crippen LogP contribution in [0, 0.1) is 47.9 Å². The summed E-state index contributed by atoms with van der Waals surface area (Å²) in [6.45, 7) is -0.359. The molecule has 24 heavy (non-hydrogen) atoms. The molecule has 2 N–H and O–H groups in total. The second-order valence-corrected chi connectivity index (χ2v) is 5.05. The lowest BCUT2D eigenvalue weighted by atomic mass is 10.1. The fourth-order valence-corrected chi connectivity index (χ4v) is 1.66. The zero-order valence-corrected chi connectivity index (χ0v) is 14.2. The minimum Gasteiger partial charge on any atom is -0.393 e. The lowest BCUT2D eigenvalue weighted by Gasteiger charge is -1.93. The Morgan fingerprint density at radius 3 is 2.29 bits per heavy atom. The molecule has 2 nitrogen and oxygen atoms in total. The Kier molecular flexibility index (Phi) is 16.9. The van der Waals surface area contributed by atoms with Crippen LogP contribution in [0.4, 0.5) is 0 Å². The molecule has 0 amide bonds. The van der Waals surface area contributed by atoms with E-state index in [9.17, 15) is 0 Å².